The summed E-state index contributed by atoms with van der Waals surface area (Å²) in [6.45, 7) is 0. The van der Waals surface area contributed by atoms with Crippen LogP contribution in [0.25, 0.3) is 38.6 Å². The van der Waals surface area contributed by atoms with Crippen LogP contribution in [-0.2, 0) is 0 Å². The standard InChI is InChI=1S/C22H13N2/c1-2-6-16-14(5-1)15-10-9-13-11-12-23-17-7-3-4-8-18(17)24-21(16)20(15)19(13)22(23)24/h1-12,21H/q+1. The minimum Gasteiger partial charge on any atom is -0.211 e. The van der Waals surface area contributed by atoms with E-state index >= 15 is 0 Å². The van der Waals surface area contributed by atoms with Gasteiger partial charge in [-0.2, -0.15) is 4.40 Å². The van der Waals surface area contributed by atoms with Crippen molar-refractivity contribution in [1.82, 2.24) is 4.40 Å². The normalized spacial score (nSPS) is 16.8. The van der Waals surface area contributed by atoms with Crippen molar-refractivity contribution in [2.45, 2.75) is 6.04 Å². The smallest absolute Gasteiger partial charge is 0.211 e. The summed E-state index contributed by atoms with van der Waals surface area (Å²) in [6, 6.07) is 24.8. The van der Waals surface area contributed by atoms with Crippen molar-refractivity contribution in [2.24, 2.45) is 0 Å². The van der Waals surface area contributed by atoms with E-state index < -0.39 is 0 Å². The first-order valence-electron chi connectivity index (χ1n) is 8.43. The molecule has 1 aliphatic heterocycles. The summed E-state index contributed by atoms with van der Waals surface area (Å²) in [4.78, 5) is 0. The lowest BCUT2D eigenvalue weighted by atomic mass is 10.0. The summed E-state index contributed by atoms with van der Waals surface area (Å²) in [6.07, 6.45) is 2.22. The Bertz CT molecular complexity index is 1360. The quantitative estimate of drug-likeness (QED) is 0.366. The van der Waals surface area contributed by atoms with E-state index in [-0.39, 0.29) is 0 Å². The average Bonchev–Trinajstić information content (AvgIpc) is 3.26. The van der Waals surface area contributed by atoms with Gasteiger partial charge in [0.25, 0.3) is 5.65 Å². The van der Waals surface area contributed by atoms with E-state index in [0.717, 1.165) is 0 Å². The SMILES string of the molecule is c1ccc2c(c1)-c1ccc3ccn4c5ccccc5[n+]5c4c3c1C25. The van der Waals surface area contributed by atoms with Gasteiger partial charge in [-0.05, 0) is 34.7 Å². The second kappa shape index (κ2) is 3.51. The van der Waals surface area contributed by atoms with Gasteiger partial charge in [0, 0.05) is 11.1 Å². The summed E-state index contributed by atoms with van der Waals surface area (Å²) >= 11 is 0. The third kappa shape index (κ3) is 1.02. The average molecular weight is 305 g/mol. The Labute approximate surface area is 138 Å². The highest BCUT2D eigenvalue weighted by atomic mass is 15.2. The van der Waals surface area contributed by atoms with Crippen LogP contribution in [0.5, 0.6) is 0 Å². The second-order valence-corrected chi connectivity index (χ2v) is 6.85. The van der Waals surface area contributed by atoms with Gasteiger partial charge in [-0.3, -0.25) is 0 Å². The lowest BCUT2D eigenvalue weighted by Gasteiger charge is -2.07. The monoisotopic (exact) mass is 305 g/mol. The Balaban J connectivity index is 1.85. The maximum absolute atomic E-state index is 2.54. The number of rotatable bonds is 0. The number of hydrogen-bond acceptors (Lipinski definition) is 0. The molecule has 1 aliphatic carbocycles. The minimum atomic E-state index is 0.312. The molecule has 2 heteroatoms. The third-order valence-corrected chi connectivity index (χ3v) is 5.84. The molecule has 3 aromatic carbocycles. The molecule has 1 atom stereocenters. The van der Waals surface area contributed by atoms with Crippen molar-refractivity contribution in [3.63, 3.8) is 0 Å². The van der Waals surface area contributed by atoms with Crippen LogP contribution in [0.15, 0.2) is 72.9 Å². The van der Waals surface area contributed by atoms with Crippen LogP contribution in [-0.4, -0.2) is 4.40 Å². The van der Waals surface area contributed by atoms with Gasteiger partial charge in [0.15, 0.2) is 17.1 Å². The number of nitrogens with zero attached hydrogens (tertiary/aromatic N) is 2. The molecule has 110 valence electrons. The fourth-order valence-corrected chi connectivity index (χ4v) is 4.97. The topological polar surface area (TPSA) is 8.29 Å². The van der Waals surface area contributed by atoms with Crippen LogP contribution in [0.4, 0.5) is 0 Å². The molecular weight excluding hydrogens is 292 g/mol. The Kier molecular flexibility index (Phi) is 1.67. The predicted molar refractivity (Wildman–Crippen MR) is 95.3 cm³/mol. The zero-order valence-electron chi connectivity index (χ0n) is 12.9. The molecule has 2 nitrogen and oxygen atoms in total. The van der Waals surface area contributed by atoms with Crippen molar-refractivity contribution in [3.05, 3.63) is 84.1 Å². The van der Waals surface area contributed by atoms with Crippen molar-refractivity contribution in [1.29, 1.82) is 0 Å². The van der Waals surface area contributed by atoms with Gasteiger partial charge in [0.05, 0.1) is 11.6 Å². The Morgan fingerprint density at radius 2 is 1.67 bits per heavy atom. The number of fused-ring (bicyclic) bond motifs is 7. The molecule has 2 aliphatic rings. The van der Waals surface area contributed by atoms with Crippen molar-refractivity contribution >= 4 is 27.5 Å². The fraction of sp³-hybridized carbons (Fsp3) is 0.0455. The van der Waals surface area contributed by atoms with E-state index in [1.165, 1.54) is 49.7 Å². The number of imidazole rings is 1. The van der Waals surface area contributed by atoms with E-state index in [1.54, 1.807) is 0 Å². The Morgan fingerprint density at radius 3 is 2.67 bits per heavy atom. The first kappa shape index (κ1) is 11.4. The first-order valence-corrected chi connectivity index (χ1v) is 8.43. The van der Waals surface area contributed by atoms with Crippen LogP contribution in [0.1, 0.15) is 17.2 Å². The summed E-state index contributed by atoms with van der Waals surface area (Å²) in [5, 5.41) is 2.76. The molecule has 1 unspecified atom stereocenters. The number of para-hydroxylation sites is 2. The number of aromatic nitrogens is 2. The lowest BCUT2D eigenvalue weighted by Crippen LogP contribution is -2.36. The third-order valence-electron chi connectivity index (χ3n) is 5.84. The molecule has 0 bridgehead atoms. The largest absolute Gasteiger partial charge is 0.296 e. The molecule has 0 saturated carbocycles. The van der Waals surface area contributed by atoms with Crippen molar-refractivity contribution in [2.75, 3.05) is 0 Å². The van der Waals surface area contributed by atoms with Gasteiger partial charge in [-0.15, -0.1) is 0 Å². The summed E-state index contributed by atoms with van der Waals surface area (Å²) in [5.74, 6) is 0. The molecule has 0 N–H and O–H groups in total. The van der Waals surface area contributed by atoms with Gasteiger partial charge < -0.3 is 0 Å². The van der Waals surface area contributed by atoms with Crippen LogP contribution in [0.2, 0.25) is 0 Å². The van der Waals surface area contributed by atoms with Gasteiger partial charge in [0.1, 0.15) is 0 Å². The summed E-state index contributed by atoms with van der Waals surface area (Å²) < 4.78 is 4.90. The fourth-order valence-electron chi connectivity index (χ4n) is 4.97. The summed E-state index contributed by atoms with van der Waals surface area (Å²) in [7, 11) is 0. The molecule has 0 amide bonds. The van der Waals surface area contributed by atoms with Crippen molar-refractivity contribution in [3.8, 4) is 11.1 Å². The maximum Gasteiger partial charge on any atom is 0.296 e. The van der Waals surface area contributed by atoms with Crippen LogP contribution >= 0.6 is 0 Å². The van der Waals surface area contributed by atoms with Crippen molar-refractivity contribution < 1.29 is 4.57 Å². The van der Waals surface area contributed by atoms with Crippen LogP contribution in [0.3, 0.4) is 0 Å². The van der Waals surface area contributed by atoms with E-state index in [2.05, 4.69) is 81.9 Å². The molecule has 24 heavy (non-hydrogen) atoms. The molecule has 7 rings (SSSR count). The molecular formula is C22H13N2+. The zero-order valence-corrected chi connectivity index (χ0v) is 12.9. The minimum absolute atomic E-state index is 0.312. The highest BCUT2D eigenvalue weighted by Crippen LogP contribution is 2.50. The van der Waals surface area contributed by atoms with Gasteiger partial charge in [-0.1, -0.05) is 48.5 Å². The lowest BCUT2D eigenvalue weighted by molar-refractivity contribution is -0.648. The van der Waals surface area contributed by atoms with E-state index in [0.29, 0.717) is 6.04 Å². The van der Waals surface area contributed by atoms with Gasteiger partial charge >= 0.3 is 0 Å². The van der Waals surface area contributed by atoms with E-state index in [9.17, 15) is 0 Å². The summed E-state index contributed by atoms with van der Waals surface area (Å²) in [5.41, 5.74) is 9.66. The van der Waals surface area contributed by atoms with Crippen LogP contribution in [0, 0.1) is 0 Å². The second-order valence-electron chi connectivity index (χ2n) is 6.85. The molecule has 2 aromatic heterocycles. The zero-order chi connectivity index (χ0) is 15.4. The van der Waals surface area contributed by atoms with E-state index in [4.69, 9.17) is 0 Å². The Morgan fingerprint density at radius 1 is 0.792 bits per heavy atom. The molecule has 0 saturated heterocycles. The van der Waals surface area contributed by atoms with E-state index in [1.807, 2.05) is 0 Å². The maximum atomic E-state index is 2.54. The first-order chi connectivity index (χ1) is 11.9. The molecule has 0 radical (unpaired) electrons. The highest BCUT2D eigenvalue weighted by molar-refractivity contribution is 6.05. The van der Waals surface area contributed by atoms with Gasteiger partial charge in [0.2, 0.25) is 0 Å². The molecule has 5 aromatic rings. The predicted octanol–water partition coefficient (Wildman–Crippen LogP) is 4.46. The van der Waals surface area contributed by atoms with Crippen LogP contribution < -0.4 is 4.57 Å². The molecule has 3 heterocycles. The number of benzene rings is 3. The molecule has 0 spiro atoms. The molecule has 0 fully saturated rings. The number of pyridine rings is 1. The Hall–Kier alpha value is -3.13. The van der Waals surface area contributed by atoms with Gasteiger partial charge in [-0.25, -0.2) is 4.57 Å². The highest BCUT2D eigenvalue weighted by Gasteiger charge is 2.44. The number of hydrogen-bond donors (Lipinski definition) is 0.